The zero-order valence-corrected chi connectivity index (χ0v) is 23.9. The van der Waals surface area contributed by atoms with Gasteiger partial charge in [-0.25, -0.2) is 0 Å². The van der Waals surface area contributed by atoms with Crippen molar-refractivity contribution < 1.29 is 9.59 Å². The van der Waals surface area contributed by atoms with Gasteiger partial charge in [0.2, 0.25) is 5.91 Å². The topological polar surface area (TPSA) is 78.1 Å². The van der Waals surface area contributed by atoms with Crippen LogP contribution in [0.4, 0.5) is 5.69 Å². The Balaban J connectivity index is 1.55. The molecule has 1 aliphatic heterocycles. The lowest BCUT2D eigenvalue weighted by Gasteiger charge is -2.34. The number of para-hydroxylation sites is 1. The summed E-state index contributed by atoms with van der Waals surface area (Å²) in [5.74, 6) is -0.246. The molecule has 5 aromatic rings. The minimum Gasteiger partial charge on any atom is -0.343 e. The second kappa shape index (κ2) is 11.0. The minimum atomic E-state index is -0.729. The number of rotatable bonds is 7. The van der Waals surface area contributed by atoms with Gasteiger partial charge in [-0.05, 0) is 59.9 Å². The van der Waals surface area contributed by atoms with E-state index in [1.54, 1.807) is 29.2 Å². The second-order valence-electron chi connectivity index (χ2n) is 11.2. The highest BCUT2D eigenvalue weighted by molar-refractivity contribution is 6.06. The van der Waals surface area contributed by atoms with E-state index in [1.165, 1.54) is 0 Å². The molecule has 0 spiro atoms. The maximum atomic E-state index is 14.3. The molecule has 1 aliphatic rings. The SMILES string of the molecule is CC(C)CC(C(=O)Nc1ccc(C#N)cc1)N1C(=O)c2ccccc2C1c1c(-c2ccccc2)n(C)c2ccccc12. The van der Waals surface area contributed by atoms with Crippen molar-refractivity contribution >= 4 is 28.4 Å². The minimum absolute atomic E-state index is 0.150. The van der Waals surface area contributed by atoms with Crippen LogP contribution in [0.2, 0.25) is 0 Å². The van der Waals surface area contributed by atoms with Gasteiger partial charge in [0.15, 0.2) is 0 Å². The fourth-order valence-corrected chi connectivity index (χ4v) is 6.24. The number of nitrogens with one attached hydrogen (secondary N) is 1. The number of fused-ring (bicyclic) bond motifs is 2. The fraction of sp³-hybridized carbons (Fsp3) is 0.194. The van der Waals surface area contributed by atoms with Crippen molar-refractivity contribution in [1.82, 2.24) is 9.47 Å². The number of aromatic nitrogens is 1. The summed E-state index contributed by atoms with van der Waals surface area (Å²) >= 11 is 0. The van der Waals surface area contributed by atoms with Crippen molar-refractivity contribution in [3.63, 3.8) is 0 Å². The average molecular weight is 553 g/mol. The van der Waals surface area contributed by atoms with Crippen LogP contribution in [0.25, 0.3) is 22.2 Å². The molecule has 0 radical (unpaired) electrons. The lowest BCUT2D eigenvalue weighted by Crippen LogP contribution is -2.47. The number of aryl methyl sites for hydroxylation is 1. The molecular weight excluding hydrogens is 520 g/mol. The predicted molar refractivity (Wildman–Crippen MR) is 166 cm³/mol. The zero-order valence-electron chi connectivity index (χ0n) is 23.9. The molecule has 2 heterocycles. The molecular formula is C36H32N4O2. The summed E-state index contributed by atoms with van der Waals surface area (Å²) in [5, 5.41) is 13.3. The Morgan fingerprint density at radius 3 is 2.29 bits per heavy atom. The van der Waals surface area contributed by atoms with Crippen molar-refractivity contribution in [2.75, 3.05) is 5.32 Å². The molecule has 42 heavy (non-hydrogen) atoms. The number of hydrogen-bond donors (Lipinski definition) is 1. The Morgan fingerprint density at radius 2 is 1.57 bits per heavy atom. The number of nitrogens with zero attached hydrogens (tertiary/aromatic N) is 3. The first-order valence-electron chi connectivity index (χ1n) is 14.2. The van der Waals surface area contributed by atoms with Gasteiger partial charge in [-0.2, -0.15) is 5.26 Å². The van der Waals surface area contributed by atoms with Gasteiger partial charge < -0.3 is 14.8 Å². The van der Waals surface area contributed by atoms with E-state index in [0.29, 0.717) is 23.2 Å². The lowest BCUT2D eigenvalue weighted by molar-refractivity contribution is -0.121. The van der Waals surface area contributed by atoms with Gasteiger partial charge in [0.25, 0.3) is 5.91 Å². The van der Waals surface area contributed by atoms with Gasteiger partial charge >= 0.3 is 0 Å². The average Bonchev–Trinajstić information content (AvgIpc) is 3.47. The van der Waals surface area contributed by atoms with E-state index in [4.69, 9.17) is 0 Å². The van der Waals surface area contributed by atoms with Crippen LogP contribution in [0.15, 0.2) is 103 Å². The van der Waals surface area contributed by atoms with E-state index < -0.39 is 12.1 Å². The normalized spacial score (nSPS) is 15.1. The Hall–Kier alpha value is -5.15. The quantitative estimate of drug-likeness (QED) is 0.230. The second-order valence-corrected chi connectivity index (χ2v) is 11.2. The largest absolute Gasteiger partial charge is 0.343 e. The van der Waals surface area contributed by atoms with Crippen molar-refractivity contribution in [2.45, 2.75) is 32.4 Å². The Bertz CT molecular complexity index is 1830. The number of benzene rings is 4. The molecule has 0 aliphatic carbocycles. The molecule has 2 amide bonds. The van der Waals surface area contributed by atoms with E-state index in [-0.39, 0.29) is 17.7 Å². The van der Waals surface area contributed by atoms with Crippen LogP contribution >= 0.6 is 0 Å². The monoisotopic (exact) mass is 552 g/mol. The highest BCUT2D eigenvalue weighted by Crippen LogP contribution is 2.47. The van der Waals surface area contributed by atoms with Crippen LogP contribution in [0.5, 0.6) is 0 Å². The summed E-state index contributed by atoms with van der Waals surface area (Å²) in [6.07, 6.45) is 0.490. The van der Waals surface area contributed by atoms with Gasteiger partial charge in [0.05, 0.1) is 23.4 Å². The van der Waals surface area contributed by atoms with Crippen LogP contribution in [0.3, 0.4) is 0 Å². The highest BCUT2D eigenvalue weighted by atomic mass is 16.2. The van der Waals surface area contributed by atoms with Crippen LogP contribution in [-0.2, 0) is 11.8 Å². The van der Waals surface area contributed by atoms with Crippen LogP contribution in [-0.4, -0.2) is 27.3 Å². The van der Waals surface area contributed by atoms with Crippen molar-refractivity contribution in [1.29, 1.82) is 5.26 Å². The molecule has 1 N–H and O–H groups in total. The Kier molecular flexibility index (Phi) is 7.10. The van der Waals surface area contributed by atoms with E-state index in [1.807, 2.05) is 54.6 Å². The summed E-state index contributed by atoms with van der Waals surface area (Å²) in [5.41, 5.74) is 6.76. The first-order valence-corrected chi connectivity index (χ1v) is 14.2. The number of anilines is 1. The molecule has 2 unspecified atom stereocenters. The molecule has 1 aromatic heterocycles. The van der Waals surface area contributed by atoms with E-state index >= 15 is 0 Å². The molecule has 4 aromatic carbocycles. The number of hydrogen-bond acceptors (Lipinski definition) is 3. The third-order valence-corrected chi connectivity index (χ3v) is 8.08. The molecule has 208 valence electrons. The first-order chi connectivity index (χ1) is 20.4. The van der Waals surface area contributed by atoms with Crippen molar-refractivity contribution in [3.8, 4) is 17.3 Å². The summed E-state index contributed by atoms with van der Waals surface area (Å²) in [6.45, 7) is 4.13. The van der Waals surface area contributed by atoms with Gasteiger partial charge in [-0.15, -0.1) is 0 Å². The summed E-state index contributed by atoms with van der Waals surface area (Å²) < 4.78 is 2.19. The van der Waals surface area contributed by atoms with E-state index in [9.17, 15) is 14.9 Å². The molecule has 0 fully saturated rings. The van der Waals surface area contributed by atoms with Gasteiger partial charge in [-0.3, -0.25) is 9.59 Å². The predicted octanol–water partition coefficient (Wildman–Crippen LogP) is 7.32. The van der Waals surface area contributed by atoms with Gasteiger partial charge in [0.1, 0.15) is 6.04 Å². The van der Waals surface area contributed by atoms with Crippen LogP contribution in [0, 0.1) is 17.2 Å². The third kappa shape index (κ3) is 4.63. The first kappa shape index (κ1) is 27.0. The molecule has 0 saturated heterocycles. The fourth-order valence-electron chi connectivity index (χ4n) is 6.24. The lowest BCUT2D eigenvalue weighted by atomic mass is 9.91. The standard InChI is InChI=1S/C36H32N4O2/c1-23(2)21-31(35(41)38-26-19-17-24(22-37)18-20-26)40-34(27-13-7-8-14-28(27)36(40)42)32-29-15-9-10-16-30(29)39(3)33(32)25-11-5-4-6-12-25/h4-20,23,31,34H,21H2,1-3H3,(H,38,41). The number of carbonyl (C=O) groups is 2. The molecule has 6 nitrogen and oxygen atoms in total. The Morgan fingerprint density at radius 1 is 0.905 bits per heavy atom. The van der Waals surface area contributed by atoms with Crippen molar-refractivity contribution in [2.24, 2.45) is 13.0 Å². The smallest absolute Gasteiger partial charge is 0.255 e. The zero-order chi connectivity index (χ0) is 29.4. The van der Waals surface area contributed by atoms with Gasteiger partial charge in [-0.1, -0.05) is 80.6 Å². The van der Waals surface area contributed by atoms with Crippen LogP contribution in [0.1, 0.15) is 53.4 Å². The van der Waals surface area contributed by atoms with E-state index in [2.05, 4.69) is 61.1 Å². The molecule has 0 saturated carbocycles. The maximum Gasteiger partial charge on any atom is 0.255 e. The van der Waals surface area contributed by atoms with Crippen molar-refractivity contribution in [3.05, 3.63) is 125 Å². The summed E-state index contributed by atoms with van der Waals surface area (Å²) in [4.78, 5) is 30.3. The summed E-state index contributed by atoms with van der Waals surface area (Å²) in [6, 6.07) is 33.9. The molecule has 6 heteroatoms. The van der Waals surface area contributed by atoms with Crippen LogP contribution < -0.4 is 5.32 Å². The summed E-state index contributed by atoms with van der Waals surface area (Å²) in [7, 11) is 2.06. The highest BCUT2D eigenvalue weighted by Gasteiger charge is 2.46. The number of nitriles is 1. The molecule has 6 rings (SSSR count). The number of amides is 2. The Labute approximate surface area is 245 Å². The number of carbonyl (C=O) groups excluding carboxylic acids is 2. The van der Waals surface area contributed by atoms with E-state index in [0.717, 1.165) is 33.3 Å². The third-order valence-electron chi connectivity index (χ3n) is 8.08. The molecule has 2 atom stereocenters. The van der Waals surface area contributed by atoms with Gasteiger partial charge in [0, 0.05) is 34.8 Å². The maximum absolute atomic E-state index is 14.3. The molecule has 0 bridgehead atoms.